The van der Waals surface area contributed by atoms with Crippen molar-refractivity contribution in [2.24, 2.45) is 0 Å². The van der Waals surface area contributed by atoms with Gasteiger partial charge in [0.1, 0.15) is 5.76 Å². The molecule has 2 aromatic heterocycles. The molecule has 4 N–H and O–H groups in total. The smallest absolute Gasteiger partial charge is 0.122 e. The number of aromatic amines is 1. The molecule has 2 heterocycles. The third-order valence-corrected chi connectivity index (χ3v) is 3.73. The first-order chi connectivity index (χ1) is 10.3. The maximum atomic E-state index is 6.16. The highest BCUT2D eigenvalue weighted by molar-refractivity contribution is 6.16. The van der Waals surface area contributed by atoms with E-state index in [0.717, 1.165) is 38.9 Å². The Morgan fingerprint density at radius 1 is 1.05 bits per heavy atom. The maximum absolute atomic E-state index is 6.16. The normalized spacial score (nSPS) is 11.2. The first-order valence-corrected chi connectivity index (χ1v) is 6.88. The molecule has 0 bridgehead atoms. The molecule has 4 rings (SSSR count). The highest BCUT2D eigenvalue weighted by Gasteiger charge is 2.10. The van der Waals surface area contributed by atoms with Crippen LogP contribution >= 0.6 is 0 Å². The van der Waals surface area contributed by atoms with Crippen LogP contribution in [-0.2, 0) is 6.54 Å². The fourth-order valence-electron chi connectivity index (χ4n) is 2.73. The number of hydrogen-bond acceptors (Lipinski definition) is 3. The van der Waals surface area contributed by atoms with Gasteiger partial charge in [-0.25, -0.2) is 0 Å². The molecule has 0 amide bonds. The standard InChI is InChI=1S/C17H15N3O/c18-13-7-8-15(19-10-11-4-3-9-21-11)17-16(13)12-5-1-2-6-14(12)20-17/h1-9,19-20H,10,18H2. The van der Waals surface area contributed by atoms with E-state index in [-0.39, 0.29) is 0 Å². The zero-order valence-corrected chi connectivity index (χ0v) is 11.4. The molecular weight excluding hydrogens is 262 g/mol. The molecule has 4 heteroatoms. The molecule has 2 aromatic carbocycles. The number of nitrogen functional groups attached to an aromatic ring is 1. The van der Waals surface area contributed by atoms with Crippen molar-refractivity contribution >= 4 is 33.2 Å². The van der Waals surface area contributed by atoms with Crippen molar-refractivity contribution in [2.45, 2.75) is 6.54 Å². The van der Waals surface area contributed by atoms with E-state index in [1.807, 2.05) is 36.4 Å². The summed E-state index contributed by atoms with van der Waals surface area (Å²) in [7, 11) is 0. The average Bonchev–Trinajstić information content (AvgIpc) is 3.14. The van der Waals surface area contributed by atoms with Crippen molar-refractivity contribution in [2.75, 3.05) is 11.1 Å². The summed E-state index contributed by atoms with van der Waals surface area (Å²) in [6, 6.07) is 16.0. The third-order valence-electron chi connectivity index (χ3n) is 3.73. The molecular formula is C17H15N3O. The van der Waals surface area contributed by atoms with Crippen LogP contribution in [0, 0.1) is 0 Å². The number of rotatable bonds is 3. The van der Waals surface area contributed by atoms with E-state index >= 15 is 0 Å². The summed E-state index contributed by atoms with van der Waals surface area (Å²) >= 11 is 0. The van der Waals surface area contributed by atoms with Gasteiger partial charge in [0.25, 0.3) is 0 Å². The number of nitrogens with two attached hydrogens (primary N) is 1. The minimum absolute atomic E-state index is 0.640. The lowest BCUT2D eigenvalue weighted by Gasteiger charge is -2.07. The summed E-state index contributed by atoms with van der Waals surface area (Å²) in [5.41, 5.74) is 10.1. The number of anilines is 2. The minimum Gasteiger partial charge on any atom is -0.467 e. The van der Waals surface area contributed by atoms with Gasteiger partial charge in [0, 0.05) is 22.0 Å². The molecule has 21 heavy (non-hydrogen) atoms. The molecule has 4 aromatic rings. The van der Waals surface area contributed by atoms with E-state index in [4.69, 9.17) is 10.2 Å². The van der Waals surface area contributed by atoms with Crippen molar-refractivity contribution in [1.29, 1.82) is 0 Å². The zero-order chi connectivity index (χ0) is 14.2. The second-order valence-electron chi connectivity index (χ2n) is 5.06. The Morgan fingerprint density at radius 2 is 1.95 bits per heavy atom. The van der Waals surface area contributed by atoms with Crippen molar-refractivity contribution in [3.63, 3.8) is 0 Å². The van der Waals surface area contributed by atoms with Crippen LogP contribution in [0.2, 0.25) is 0 Å². The molecule has 4 nitrogen and oxygen atoms in total. The van der Waals surface area contributed by atoms with Crippen LogP contribution in [0.25, 0.3) is 21.8 Å². The first-order valence-electron chi connectivity index (χ1n) is 6.88. The summed E-state index contributed by atoms with van der Waals surface area (Å²) in [6.07, 6.45) is 1.68. The van der Waals surface area contributed by atoms with E-state index in [2.05, 4.69) is 22.4 Å². The molecule has 0 spiro atoms. The van der Waals surface area contributed by atoms with Gasteiger partial charge >= 0.3 is 0 Å². The first kappa shape index (κ1) is 11.9. The van der Waals surface area contributed by atoms with Gasteiger partial charge in [-0.05, 0) is 30.3 Å². The predicted octanol–water partition coefficient (Wildman–Crippen LogP) is 4.11. The van der Waals surface area contributed by atoms with Gasteiger partial charge in [-0.1, -0.05) is 18.2 Å². The van der Waals surface area contributed by atoms with E-state index in [1.165, 1.54) is 0 Å². The Kier molecular flexibility index (Phi) is 2.60. The van der Waals surface area contributed by atoms with Crippen LogP contribution in [0.3, 0.4) is 0 Å². The molecule has 0 aliphatic carbocycles. The largest absolute Gasteiger partial charge is 0.467 e. The molecule has 104 valence electrons. The van der Waals surface area contributed by atoms with Crippen molar-refractivity contribution in [3.05, 3.63) is 60.6 Å². The SMILES string of the molecule is Nc1ccc(NCc2ccco2)c2[nH]c3ccccc3c12. The number of H-pyrrole nitrogens is 1. The molecule has 0 aliphatic rings. The second-order valence-corrected chi connectivity index (χ2v) is 5.06. The number of benzene rings is 2. The Labute approximate surface area is 121 Å². The van der Waals surface area contributed by atoms with E-state index in [0.29, 0.717) is 6.54 Å². The molecule has 0 saturated carbocycles. The Bertz CT molecular complexity index is 906. The Balaban J connectivity index is 1.84. The van der Waals surface area contributed by atoms with E-state index in [9.17, 15) is 0 Å². The maximum Gasteiger partial charge on any atom is 0.122 e. The van der Waals surface area contributed by atoms with Gasteiger partial charge in [-0.15, -0.1) is 0 Å². The molecule has 0 aliphatic heterocycles. The second kappa shape index (κ2) is 4.59. The van der Waals surface area contributed by atoms with Crippen LogP contribution in [0.5, 0.6) is 0 Å². The summed E-state index contributed by atoms with van der Waals surface area (Å²) in [5, 5.41) is 5.61. The molecule has 0 atom stereocenters. The van der Waals surface area contributed by atoms with Gasteiger partial charge in [0.2, 0.25) is 0 Å². The van der Waals surface area contributed by atoms with Crippen molar-refractivity contribution < 1.29 is 4.42 Å². The fraction of sp³-hybridized carbons (Fsp3) is 0.0588. The van der Waals surface area contributed by atoms with Crippen molar-refractivity contribution in [3.8, 4) is 0 Å². The summed E-state index contributed by atoms with van der Waals surface area (Å²) in [5.74, 6) is 0.899. The zero-order valence-electron chi connectivity index (χ0n) is 11.4. The molecule has 0 radical (unpaired) electrons. The topological polar surface area (TPSA) is 67.0 Å². The summed E-state index contributed by atoms with van der Waals surface area (Å²) in [4.78, 5) is 3.44. The highest BCUT2D eigenvalue weighted by atomic mass is 16.3. The monoisotopic (exact) mass is 277 g/mol. The van der Waals surface area contributed by atoms with E-state index in [1.54, 1.807) is 6.26 Å². The van der Waals surface area contributed by atoms with E-state index < -0.39 is 0 Å². The predicted molar refractivity (Wildman–Crippen MR) is 86.3 cm³/mol. The van der Waals surface area contributed by atoms with Gasteiger partial charge in [0.15, 0.2) is 0 Å². The van der Waals surface area contributed by atoms with Crippen LogP contribution < -0.4 is 11.1 Å². The summed E-state index contributed by atoms with van der Waals surface area (Å²) in [6.45, 7) is 0.640. The van der Waals surface area contributed by atoms with Crippen LogP contribution in [0.15, 0.2) is 59.2 Å². The molecule has 0 fully saturated rings. The van der Waals surface area contributed by atoms with Crippen LogP contribution in [0.4, 0.5) is 11.4 Å². The number of furan rings is 1. The third kappa shape index (κ3) is 1.92. The van der Waals surface area contributed by atoms with Crippen LogP contribution in [-0.4, -0.2) is 4.98 Å². The molecule has 0 saturated heterocycles. The van der Waals surface area contributed by atoms with Crippen molar-refractivity contribution in [1.82, 2.24) is 4.98 Å². The minimum atomic E-state index is 0.640. The summed E-state index contributed by atoms with van der Waals surface area (Å²) < 4.78 is 5.35. The quantitative estimate of drug-likeness (QED) is 0.494. The lowest BCUT2D eigenvalue weighted by atomic mass is 10.1. The average molecular weight is 277 g/mol. The van der Waals surface area contributed by atoms with Gasteiger partial charge in [-0.2, -0.15) is 0 Å². The fourth-order valence-corrected chi connectivity index (χ4v) is 2.73. The van der Waals surface area contributed by atoms with Gasteiger partial charge in [0.05, 0.1) is 24.0 Å². The number of fused-ring (bicyclic) bond motifs is 3. The highest BCUT2D eigenvalue weighted by Crippen LogP contribution is 2.34. The number of hydrogen-bond donors (Lipinski definition) is 3. The number of para-hydroxylation sites is 1. The Morgan fingerprint density at radius 3 is 2.81 bits per heavy atom. The van der Waals surface area contributed by atoms with Crippen LogP contribution in [0.1, 0.15) is 5.76 Å². The molecule has 0 unspecified atom stereocenters. The van der Waals surface area contributed by atoms with Gasteiger partial charge in [-0.3, -0.25) is 0 Å². The number of nitrogens with one attached hydrogen (secondary N) is 2. The number of aromatic nitrogens is 1. The lowest BCUT2D eigenvalue weighted by Crippen LogP contribution is -1.99. The Hall–Kier alpha value is -2.88. The lowest BCUT2D eigenvalue weighted by molar-refractivity contribution is 0.518. The van der Waals surface area contributed by atoms with Gasteiger partial charge < -0.3 is 20.5 Å².